The summed E-state index contributed by atoms with van der Waals surface area (Å²) in [4.78, 5) is 10.4. The highest BCUT2D eigenvalue weighted by Crippen LogP contribution is 2.12. The average Bonchev–Trinajstić information content (AvgIpc) is 2.31. The molecule has 3 nitrogen and oxygen atoms in total. The lowest BCUT2D eigenvalue weighted by atomic mass is 10.1. The van der Waals surface area contributed by atoms with Crippen molar-refractivity contribution in [1.82, 2.24) is 0 Å². The first-order valence-corrected chi connectivity index (χ1v) is 5.08. The van der Waals surface area contributed by atoms with Crippen LogP contribution in [0.1, 0.15) is 12.5 Å². The van der Waals surface area contributed by atoms with Gasteiger partial charge in [0.15, 0.2) is 0 Å². The van der Waals surface area contributed by atoms with Crippen molar-refractivity contribution in [2.24, 2.45) is 5.73 Å². The van der Waals surface area contributed by atoms with Gasteiger partial charge in [-0.1, -0.05) is 18.1 Å². The van der Waals surface area contributed by atoms with E-state index >= 15 is 0 Å². The van der Waals surface area contributed by atoms with E-state index in [9.17, 15) is 4.79 Å². The van der Waals surface area contributed by atoms with Crippen LogP contribution in [0, 0.1) is 11.8 Å². The van der Waals surface area contributed by atoms with Gasteiger partial charge in [-0.25, -0.2) is 0 Å². The molecule has 0 bridgehead atoms. The molecule has 0 aliphatic heterocycles. The minimum absolute atomic E-state index is 0.393. The van der Waals surface area contributed by atoms with Crippen LogP contribution in [0.15, 0.2) is 24.3 Å². The standard InChI is InChI=1S/C13H15NO2/c1-2-3-8-16-13-6-4-11(5-7-13)9-12(14)10-15/h4-7,10,12H,8-9,14H2,1H3/t12-/m0/s1. The van der Waals surface area contributed by atoms with Crippen molar-refractivity contribution < 1.29 is 9.53 Å². The zero-order valence-electron chi connectivity index (χ0n) is 9.27. The highest BCUT2D eigenvalue weighted by atomic mass is 16.5. The van der Waals surface area contributed by atoms with Crippen LogP contribution >= 0.6 is 0 Å². The molecule has 1 rings (SSSR count). The Morgan fingerprint density at radius 3 is 2.69 bits per heavy atom. The third-order valence-electron chi connectivity index (χ3n) is 2.06. The van der Waals surface area contributed by atoms with Gasteiger partial charge in [0.25, 0.3) is 0 Å². The smallest absolute Gasteiger partial charge is 0.149 e. The van der Waals surface area contributed by atoms with Gasteiger partial charge in [0.2, 0.25) is 0 Å². The molecule has 0 amide bonds. The molecule has 1 atom stereocenters. The Bertz CT molecular complexity index is 387. The number of aldehydes is 1. The highest BCUT2D eigenvalue weighted by molar-refractivity contribution is 5.57. The maximum atomic E-state index is 10.4. The number of nitrogens with two attached hydrogens (primary N) is 1. The van der Waals surface area contributed by atoms with Gasteiger partial charge in [0.1, 0.15) is 18.6 Å². The largest absolute Gasteiger partial charge is 0.481 e. The van der Waals surface area contributed by atoms with E-state index in [-0.39, 0.29) is 0 Å². The van der Waals surface area contributed by atoms with Crippen molar-refractivity contribution in [3.63, 3.8) is 0 Å². The van der Waals surface area contributed by atoms with E-state index in [2.05, 4.69) is 11.8 Å². The normalized spacial score (nSPS) is 11.1. The van der Waals surface area contributed by atoms with Crippen LogP contribution in [0.2, 0.25) is 0 Å². The molecule has 2 N–H and O–H groups in total. The summed E-state index contributed by atoms with van der Waals surface area (Å²) in [6.07, 6.45) is 1.31. The fourth-order valence-corrected chi connectivity index (χ4v) is 1.23. The number of rotatable bonds is 5. The molecule has 0 fully saturated rings. The van der Waals surface area contributed by atoms with Crippen molar-refractivity contribution in [2.75, 3.05) is 6.61 Å². The summed E-state index contributed by atoms with van der Waals surface area (Å²) in [7, 11) is 0. The van der Waals surface area contributed by atoms with E-state index in [4.69, 9.17) is 10.5 Å². The second kappa shape index (κ2) is 6.65. The third-order valence-corrected chi connectivity index (χ3v) is 2.06. The van der Waals surface area contributed by atoms with Gasteiger partial charge in [-0.2, -0.15) is 0 Å². The molecule has 1 aromatic carbocycles. The van der Waals surface area contributed by atoms with Gasteiger partial charge in [0, 0.05) is 0 Å². The summed E-state index contributed by atoms with van der Waals surface area (Å²) in [5, 5.41) is 0. The molecule has 0 aliphatic rings. The van der Waals surface area contributed by atoms with Gasteiger partial charge in [-0.15, -0.1) is 5.92 Å². The topological polar surface area (TPSA) is 52.3 Å². The van der Waals surface area contributed by atoms with Crippen molar-refractivity contribution in [3.8, 4) is 17.6 Å². The molecule has 0 saturated carbocycles. The van der Waals surface area contributed by atoms with E-state index in [1.807, 2.05) is 24.3 Å². The molecule has 0 aromatic heterocycles. The second-order valence-electron chi connectivity index (χ2n) is 3.36. The van der Waals surface area contributed by atoms with Crippen molar-refractivity contribution in [3.05, 3.63) is 29.8 Å². The Morgan fingerprint density at radius 1 is 1.44 bits per heavy atom. The minimum Gasteiger partial charge on any atom is -0.481 e. The van der Waals surface area contributed by atoms with E-state index in [1.165, 1.54) is 0 Å². The van der Waals surface area contributed by atoms with E-state index < -0.39 is 6.04 Å². The SMILES string of the molecule is CC#CCOc1ccc(C[C@H](N)C=O)cc1. The lowest BCUT2D eigenvalue weighted by Gasteiger charge is -2.06. The number of hydrogen-bond donors (Lipinski definition) is 1. The fourth-order valence-electron chi connectivity index (χ4n) is 1.23. The number of carbonyl (C=O) groups excluding carboxylic acids is 1. The molecule has 0 aliphatic carbocycles. The zero-order valence-corrected chi connectivity index (χ0v) is 9.27. The van der Waals surface area contributed by atoms with Crippen LogP contribution < -0.4 is 10.5 Å². The van der Waals surface area contributed by atoms with Crippen LogP contribution in [-0.2, 0) is 11.2 Å². The summed E-state index contributed by atoms with van der Waals surface area (Å²) in [6, 6.07) is 7.07. The van der Waals surface area contributed by atoms with Gasteiger partial charge in [-0.3, -0.25) is 0 Å². The van der Waals surface area contributed by atoms with Crippen molar-refractivity contribution >= 4 is 6.29 Å². The van der Waals surface area contributed by atoms with E-state index in [1.54, 1.807) is 6.92 Å². The molecule has 84 valence electrons. The fraction of sp³-hybridized carbons (Fsp3) is 0.308. The lowest BCUT2D eigenvalue weighted by molar-refractivity contribution is -0.108. The monoisotopic (exact) mass is 217 g/mol. The second-order valence-corrected chi connectivity index (χ2v) is 3.36. The average molecular weight is 217 g/mol. The summed E-state index contributed by atoms with van der Waals surface area (Å²) in [5.74, 6) is 6.34. The number of benzene rings is 1. The molecular formula is C13H15NO2. The van der Waals surface area contributed by atoms with Gasteiger partial charge in [0.05, 0.1) is 6.04 Å². The Kier molecular flexibility index (Phi) is 5.10. The van der Waals surface area contributed by atoms with Crippen LogP contribution in [0.3, 0.4) is 0 Å². The predicted octanol–water partition coefficient (Wildman–Crippen LogP) is 1.16. The quantitative estimate of drug-likeness (QED) is 0.594. The minimum atomic E-state index is -0.433. The summed E-state index contributed by atoms with van der Waals surface area (Å²) in [5.41, 5.74) is 6.55. The van der Waals surface area contributed by atoms with Gasteiger partial charge < -0.3 is 15.3 Å². The van der Waals surface area contributed by atoms with Crippen LogP contribution in [0.25, 0.3) is 0 Å². The van der Waals surface area contributed by atoms with Gasteiger partial charge >= 0.3 is 0 Å². The van der Waals surface area contributed by atoms with Crippen LogP contribution in [0.4, 0.5) is 0 Å². The van der Waals surface area contributed by atoms with Crippen molar-refractivity contribution in [2.45, 2.75) is 19.4 Å². The highest BCUT2D eigenvalue weighted by Gasteiger charge is 2.01. The van der Waals surface area contributed by atoms with E-state index in [0.717, 1.165) is 17.6 Å². The first-order chi connectivity index (χ1) is 7.76. The summed E-state index contributed by atoms with van der Waals surface area (Å²) < 4.78 is 5.36. The first-order valence-electron chi connectivity index (χ1n) is 5.08. The summed E-state index contributed by atoms with van der Waals surface area (Å²) >= 11 is 0. The Labute approximate surface area is 95.6 Å². The third kappa shape index (κ3) is 4.16. The Hall–Kier alpha value is -1.79. The number of carbonyl (C=O) groups is 1. The molecule has 0 radical (unpaired) electrons. The molecule has 0 unspecified atom stereocenters. The lowest BCUT2D eigenvalue weighted by Crippen LogP contribution is -2.23. The maximum Gasteiger partial charge on any atom is 0.149 e. The molecular weight excluding hydrogens is 202 g/mol. The summed E-state index contributed by atoms with van der Waals surface area (Å²) in [6.45, 7) is 2.16. The van der Waals surface area contributed by atoms with E-state index in [0.29, 0.717) is 13.0 Å². The van der Waals surface area contributed by atoms with Crippen LogP contribution in [-0.4, -0.2) is 18.9 Å². The molecule has 0 saturated heterocycles. The number of hydrogen-bond acceptors (Lipinski definition) is 3. The van der Waals surface area contributed by atoms with Crippen molar-refractivity contribution in [1.29, 1.82) is 0 Å². The molecule has 16 heavy (non-hydrogen) atoms. The molecule has 3 heteroatoms. The van der Waals surface area contributed by atoms with Crippen LogP contribution in [0.5, 0.6) is 5.75 Å². The Balaban J connectivity index is 2.52. The molecule has 0 spiro atoms. The number of ether oxygens (including phenoxy) is 1. The Morgan fingerprint density at radius 2 is 2.12 bits per heavy atom. The first kappa shape index (κ1) is 12.3. The molecule has 0 heterocycles. The van der Waals surface area contributed by atoms with Gasteiger partial charge in [-0.05, 0) is 31.0 Å². The predicted molar refractivity (Wildman–Crippen MR) is 63.1 cm³/mol. The maximum absolute atomic E-state index is 10.4. The molecule has 1 aromatic rings. The zero-order chi connectivity index (χ0) is 11.8.